The van der Waals surface area contributed by atoms with Crippen LogP contribution in [-0.4, -0.2) is 18.2 Å². The summed E-state index contributed by atoms with van der Waals surface area (Å²) in [6.07, 6.45) is 0. The largest absolute Gasteiger partial charge is 0.255 e. The molecular formula is C11H13N3O2S. The monoisotopic (exact) mass is 251 g/mol. The van der Waals surface area contributed by atoms with Crippen molar-refractivity contribution >= 4 is 10.0 Å². The highest BCUT2D eigenvalue weighted by Gasteiger charge is 2.22. The third kappa shape index (κ3) is 2.09. The molecule has 2 N–H and O–H groups in total. The minimum Gasteiger partial charge on any atom is -0.223 e. The molecule has 0 bridgehead atoms. The molecule has 0 saturated heterocycles. The smallest absolute Gasteiger partial charge is 0.223 e. The van der Waals surface area contributed by atoms with Crippen molar-refractivity contribution in [2.75, 3.05) is 0 Å². The van der Waals surface area contributed by atoms with Crippen LogP contribution in [-0.2, 0) is 10.0 Å². The van der Waals surface area contributed by atoms with Gasteiger partial charge in [0, 0.05) is 5.56 Å². The van der Waals surface area contributed by atoms with Gasteiger partial charge in [-0.25, -0.2) is 18.2 Å². The Morgan fingerprint density at radius 3 is 2.29 bits per heavy atom. The van der Waals surface area contributed by atoms with Gasteiger partial charge in [-0.1, -0.05) is 18.2 Å². The van der Waals surface area contributed by atoms with E-state index in [0.29, 0.717) is 16.9 Å². The van der Waals surface area contributed by atoms with E-state index < -0.39 is 10.0 Å². The second-order valence-electron chi connectivity index (χ2n) is 3.81. The summed E-state index contributed by atoms with van der Waals surface area (Å²) in [6.45, 7) is 3.45. The van der Waals surface area contributed by atoms with E-state index in [9.17, 15) is 8.42 Å². The van der Waals surface area contributed by atoms with Gasteiger partial charge in [-0.15, -0.1) is 0 Å². The fourth-order valence-corrected chi connectivity index (χ4v) is 2.62. The Balaban J connectivity index is 2.76. The lowest BCUT2D eigenvalue weighted by molar-refractivity contribution is 0.586. The Kier molecular flexibility index (Phi) is 2.76. The number of para-hydroxylation sites is 1. The molecule has 0 spiro atoms. The van der Waals surface area contributed by atoms with Crippen LogP contribution in [0.2, 0.25) is 0 Å². The van der Waals surface area contributed by atoms with Crippen LogP contribution >= 0.6 is 0 Å². The number of hydrogen-bond acceptors (Lipinski definition) is 3. The zero-order valence-corrected chi connectivity index (χ0v) is 10.4. The standard InChI is InChI=1S/C11H13N3O2S/c1-8-9(2)13-14(11(8)17(12,15)16)10-6-4-3-5-7-10/h3-7H,1-2H3,(H2,12,15,16). The maximum Gasteiger partial charge on any atom is 0.255 e. The highest BCUT2D eigenvalue weighted by Crippen LogP contribution is 2.20. The number of hydrogen-bond donors (Lipinski definition) is 1. The lowest BCUT2D eigenvalue weighted by Crippen LogP contribution is -2.18. The Hall–Kier alpha value is -1.66. The maximum atomic E-state index is 11.6. The first-order valence-corrected chi connectivity index (χ1v) is 6.60. The summed E-state index contributed by atoms with van der Waals surface area (Å²) >= 11 is 0. The molecule has 2 rings (SSSR count). The number of benzene rings is 1. The SMILES string of the molecule is Cc1nn(-c2ccccc2)c(S(N)(=O)=O)c1C. The number of sulfonamides is 1. The molecule has 17 heavy (non-hydrogen) atoms. The Morgan fingerprint density at radius 1 is 1.18 bits per heavy atom. The summed E-state index contributed by atoms with van der Waals surface area (Å²) in [7, 11) is -3.79. The average molecular weight is 251 g/mol. The molecule has 90 valence electrons. The number of aryl methyl sites for hydroxylation is 1. The third-order valence-corrected chi connectivity index (χ3v) is 3.59. The van der Waals surface area contributed by atoms with Crippen molar-refractivity contribution in [2.24, 2.45) is 5.14 Å². The quantitative estimate of drug-likeness (QED) is 0.869. The molecule has 0 atom stereocenters. The molecule has 0 saturated carbocycles. The summed E-state index contributed by atoms with van der Waals surface area (Å²) in [4.78, 5) is 0. The molecule has 0 aliphatic rings. The topological polar surface area (TPSA) is 78.0 Å². The molecule has 0 radical (unpaired) electrons. The van der Waals surface area contributed by atoms with Crippen LogP contribution in [0.3, 0.4) is 0 Å². The van der Waals surface area contributed by atoms with Crippen molar-refractivity contribution in [1.29, 1.82) is 0 Å². The van der Waals surface area contributed by atoms with Crippen molar-refractivity contribution in [3.05, 3.63) is 41.6 Å². The highest BCUT2D eigenvalue weighted by molar-refractivity contribution is 7.89. The molecule has 0 aliphatic carbocycles. The number of nitrogens with two attached hydrogens (primary N) is 1. The molecule has 1 aromatic carbocycles. The molecule has 2 aromatic rings. The second-order valence-corrected chi connectivity index (χ2v) is 5.28. The van der Waals surface area contributed by atoms with E-state index in [0.717, 1.165) is 0 Å². The van der Waals surface area contributed by atoms with Gasteiger partial charge in [0.1, 0.15) is 0 Å². The van der Waals surface area contributed by atoms with Crippen molar-refractivity contribution < 1.29 is 8.42 Å². The van der Waals surface area contributed by atoms with E-state index in [4.69, 9.17) is 5.14 Å². The van der Waals surface area contributed by atoms with Crippen LogP contribution in [0.15, 0.2) is 35.4 Å². The van der Waals surface area contributed by atoms with Gasteiger partial charge in [0.2, 0.25) is 0 Å². The molecule has 0 aliphatic heterocycles. The van der Waals surface area contributed by atoms with Gasteiger partial charge in [0.05, 0.1) is 11.4 Å². The Bertz CT molecular complexity index is 645. The van der Waals surface area contributed by atoms with Crippen LogP contribution in [0.5, 0.6) is 0 Å². The van der Waals surface area contributed by atoms with E-state index in [1.165, 1.54) is 4.68 Å². The highest BCUT2D eigenvalue weighted by atomic mass is 32.2. The van der Waals surface area contributed by atoms with Gasteiger partial charge in [0.15, 0.2) is 5.03 Å². The first-order chi connectivity index (χ1) is 7.91. The minimum atomic E-state index is -3.79. The fourth-order valence-electron chi connectivity index (χ4n) is 1.66. The first-order valence-electron chi connectivity index (χ1n) is 5.05. The summed E-state index contributed by atoms with van der Waals surface area (Å²) in [5.41, 5.74) is 1.90. The van der Waals surface area contributed by atoms with E-state index >= 15 is 0 Å². The molecule has 0 amide bonds. The summed E-state index contributed by atoms with van der Waals surface area (Å²) in [5.74, 6) is 0. The normalized spacial score (nSPS) is 11.7. The fraction of sp³-hybridized carbons (Fsp3) is 0.182. The number of rotatable bonds is 2. The predicted octanol–water partition coefficient (Wildman–Crippen LogP) is 1.14. The Labute approximate surface area is 99.9 Å². The molecule has 1 heterocycles. The zero-order valence-electron chi connectivity index (χ0n) is 9.58. The van der Waals surface area contributed by atoms with Crippen molar-refractivity contribution in [2.45, 2.75) is 18.9 Å². The lowest BCUT2D eigenvalue weighted by Gasteiger charge is -2.05. The van der Waals surface area contributed by atoms with Gasteiger partial charge in [-0.3, -0.25) is 0 Å². The summed E-state index contributed by atoms with van der Waals surface area (Å²) in [5, 5.41) is 9.47. The maximum absolute atomic E-state index is 11.6. The summed E-state index contributed by atoms with van der Waals surface area (Å²) < 4.78 is 24.5. The molecular weight excluding hydrogens is 238 g/mol. The van der Waals surface area contributed by atoms with E-state index in [-0.39, 0.29) is 5.03 Å². The van der Waals surface area contributed by atoms with Crippen LogP contribution in [0, 0.1) is 13.8 Å². The van der Waals surface area contributed by atoms with Gasteiger partial charge in [0.25, 0.3) is 10.0 Å². The minimum absolute atomic E-state index is 0.0428. The van der Waals surface area contributed by atoms with Crippen LogP contribution in [0.25, 0.3) is 5.69 Å². The van der Waals surface area contributed by atoms with Crippen LogP contribution in [0.4, 0.5) is 0 Å². The number of primary sulfonamides is 1. The van der Waals surface area contributed by atoms with Crippen molar-refractivity contribution in [3.63, 3.8) is 0 Å². The summed E-state index contributed by atoms with van der Waals surface area (Å²) in [6, 6.07) is 9.04. The van der Waals surface area contributed by atoms with Crippen molar-refractivity contribution in [1.82, 2.24) is 9.78 Å². The first kappa shape index (κ1) is 11.8. The zero-order chi connectivity index (χ0) is 12.6. The average Bonchev–Trinajstić information content (AvgIpc) is 2.56. The van der Waals surface area contributed by atoms with E-state index in [1.54, 1.807) is 26.0 Å². The Morgan fingerprint density at radius 2 is 1.76 bits per heavy atom. The molecule has 1 aromatic heterocycles. The van der Waals surface area contributed by atoms with Gasteiger partial charge in [-0.2, -0.15) is 5.10 Å². The predicted molar refractivity (Wildman–Crippen MR) is 64.4 cm³/mol. The second kappa shape index (κ2) is 3.97. The lowest BCUT2D eigenvalue weighted by atomic mass is 10.3. The third-order valence-electron chi connectivity index (χ3n) is 2.58. The van der Waals surface area contributed by atoms with Crippen LogP contribution < -0.4 is 5.14 Å². The number of nitrogens with zero attached hydrogens (tertiary/aromatic N) is 2. The molecule has 6 heteroatoms. The molecule has 0 fully saturated rings. The molecule has 0 unspecified atom stereocenters. The molecule has 5 nitrogen and oxygen atoms in total. The van der Waals surface area contributed by atoms with E-state index in [1.807, 2.05) is 18.2 Å². The van der Waals surface area contributed by atoms with E-state index in [2.05, 4.69) is 5.10 Å². The van der Waals surface area contributed by atoms with Gasteiger partial charge >= 0.3 is 0 Å². The van der Waals surface area contributed by atoms with Gasteiger partial charge in [-0.05, 0) is 26.0 Å². The van der Waals surface area contributed by atoms with Gasteiger partial charge < -0.3 is 0 Å². The van der Waals surface area contributed by atoms with Crippen molar-refractivity contribution in [3.8, 4) is 5.69 Å². The van der Waals surface area contributed by atoms with Crippen LogP contribution in [0.1, 0.15) is 11.3 Å². The number of aromatic nitrogens is 2.